The molecule has 0 N–H and O–H groups in total. The average Bonchev–Trinajstić information content (AvgIpc) is 3.06. The highest BCUT2D eigenvalue weighted by Gasteiger charge is 2.43. The predicted molar refractivity (Wildman–Crippen MR) is 76.6 cm³/mol. The number of carbonyl (C=O) groups excluding carboxylic acids is 1. The van der Waals surface area contributed by atoms with Crippen LogP contribution in [0.2, 0.25) is 0 Å². The largest absolute Gasteiger partial charge is 0.459 e. The van der Waals surface area contributed by atoms with Gasteiger partial charge in [0.2, 0.25) is 0 Å². The second-order valence-corrected chi connectivity index (χ2v) is 6.46. The van der Waals surface area contributed by atoms with E-state index in [0.29, 0.717) is 12.5 Å². The molecule has 0 spiro atoms. The summed E-state index contributed by atoms with van der Waals surface area (Å²) in [4.78, 5) is 12.2. The summed E-state index contributed by atoms with van der Waals surface area (Å²) < 4.78 is 6.64. The topological polar surface area (TPSA) is 26.3 Å². The summed E-state index contributed by atoms with van der Waals surface area (Å²) in [6.45, 7) is 11.6. The maximum atomic E-state index is 12.2. The number of quaternary nitrogens is 1. The predicted octanol–water partition coefficient (Wildman–Crippen LogP) is 2.84. The molecule has 0 radical (unpaired) electrons. The molecule has 2 unspecified atom stereocenters. The van der Waals surface area contributed by atoms with Gasteiger partial charge >= 0.3 is 5.97 Å². The molecular weight excluding hydrogens is 238 g/mol. The maximum Gasteiger partial charge on any atom is 0.309 e. The number of fused-ring (bicyclic) bond motifs is 2. The van der Waals surface area contributed by atoms with Crippen molar-refractivity contribution in [3.8, 4) is 0 Å². The molecule has 0 aromatic rings. The number of esters is 1. The monoisotopic (exact) mass is 268 g/mol. The maximum absolute atomic E-state index is 12.2. The van der Waals surface area contributed by atoms with Gasteiger partial charge in [-0.25, -0.2) is 0 Å². The van der Waals surface area contributed by atoms with Gasteiger partial charge in [0.25, 0.3) is 0 Å². The summed E-state index contributed by atoms with van der Waals surface area (Å²) >= 11 is 0. The van der Waals surface area contributed by atoms with Gasteiger partial charge in [0, 0.05) is 0 Å². The fraction of sp³-hybridized carbons (Fsp3) is 0.938. The number of carbonyl (C=O) groups is 1. The third-order valence-corrected chi connectivity index (χ3v) is 5.86. The first-order valence-electron chi connectivity index (χ1n) is 8.15. The van der Waals surface area contributed by atoms with Crippen LogP contribution in [-0.2, 0) is 9.53 Å². The molecular formula is C16H30NO2+. The Kier molecular flexibility index (Phi) is 4.88. The van der Waals surface area contributed by atoms with E-state index in [1.54, 1.807) is 0 Å². The van der Waals surface area contributed by atoms with Gasteiger partial charge < -0.3 is 9.22 Å². The third-order valence-electron chi connectivity index (χ3n) is 5.86. The van der Waals surface area contributed by atoms with E-state index in [1.165, 1.54) is 19.3 Å². The highest BCUT2D eigenvalue weighted by atomic mass is 16.5. The molecule has 0 heterocycles. The van der Waals surface area contributed by atoms with Crippen LogP contribution in [0.25, 0.3) is 0 Å². The van der Waals surface area contributed by atoms with Crippen molar-refractivity contribution in [2.45, 2.75) is 46.5 Å². The van der Waals surface area contributed by atoms with E-state index in [-0.39, 0.29) is 11.9 Å². The van der Waals surface area contributed by atoms with E-state index in [4.69, 9.17) is 4.74 Å². The Labute approximate surface area is 117 Å². The molecule has 2 aliphatic carbocycles. The first-order chi connectivity index (χ1) is 9.14. The molecule has 0 saturated heterocycles. The van der Waals surface area contributed by atoms with E-state index >= 15 is 0 Å². The van der Waals surface area contributed by atoms with E-state index < -0.39 is 0 Å². The van der Waals surface area contributed by atoms with Gasteiger partial charge in [-0.3, -0.25) is 4.79 Å². The lowest BCUT2D eigenvalue weighted by atomic mass is 9.89. The van der Waals surface area contributed by atoms with Gasteiger partial charge in [-0.05, 0) is 51.9 Å². The molecule has 3 heteroatoms. The van der Waals surface area contributed by atoms with Crippen molar-refractivity contribution in [1.82, 2.24) is 0 Å². The van der Waals surface area contributed by atoms with Crippen LogP contribution in [0.3, 0.4) is 0 Å². The first-order valence-corrected chi connectivity index (χ1v) is 8.15. The SMILES string of the molecule is CC[N+](CC)(CC)CCOC(=O)C1C[C@H]2CCC1C2. The molecule has 2 aliphatic rings. The second kappa shape index (κ2) is 6.25. The van der Waals surface area contributed by atoms with Crippen molar-refractivity contribution in [3.63, 3.8) is 0 Å². The Morgan fingerprint density at radius 1 is 1.11 bits per heavy atom. The molecule has 0 aromatic heterocycles. The molecule has 2 bridgehead atoms. The lowest BCUT2D eigenvalue weighted by Crippen LogP contribution is -2.49. The number of ether oxygens (including phenoxy) is 1. The van der Waals surface area contributed by atoms with E-state index in [0.717, 1.165) is 43.0 Å². The van der Waals surface area contributed by atoms with Crippen LogP contribution < -0.4 is 0 Å². The molecule has 3 atom stereocenters. The van der Waals surface area contributed by atoms with Crippen LogP contribution in [0, 0.1) is 17.8 Å². The van der Waals surface area contributed by atoms with Gasteiger partial charge in [0.1, 0.15) is 13.2 Å². The summed E-state index contributed by atoms with van der Waals surface area (Å²) in [6, 6.07) is 0. The minimum atomic E-state index is 0.0913. The number of hydrogen-bond acceptors (Lipinski definition) is 2. The van der Waals surface area contributed by atoms with Gasteiger partial charge in [-0.15, -0.1) is 0 Å². The van der Waals surface area contributed by atoms with Crippen molar-refractivity contribution < 1.29 is 14.0 Å². The summed E-state index contributed by atoms with van der Waals surface area (Å²) in [7, 11) is 0. The van der Waals surface area contributed by atoms with Crippen molar-refractivity contribution in [2.75, 3.05) is 32.8 Å². The van der Waals surface area contributed by atoms with Crippen molar-refractivity contribution in [3.05, 3.63) is 0 Å². The number of rotatable bonds is 7. The standard InChI is InChI=1S/C16H30NO2/c1-4-17(5-2,6-3)9-10-19-16(18)15-12-13-7-8-14(15)11-13/h13-15H,4-12H2,1-3H3/q+1/t13-,14?,15?/m0/s1. The Hall–Kier alpha value is -0.570. The Morgan fingerprint density at radius 2 is 1.79 bits per heavy atom. The zero-order chi connectivity index (χ0) is 13.9. The Morgan fingerprint density at radius 3 is 2.26 bits per heavy atom. The van der Waals surface area contributed by atoms with Gasteiger partial charge in [0.05, 0.1) is 25.6 Å². The van der Waals surface area contributed by atoms with E-state index in [2.05, 4.69) is 20.8 Å². The fourth-order valence-electron chi connectivity index (χ4n) is 4.13. The average molecular weight is 268 g/mol. The zero-order valence-corrected chi connectivity index (χ0v) is 12.9. The smallest absolute Gasteiger partial charge is 0.309 e. The summed E-state index contributed by atoms with van der Waals surface area (Å²) in [6.07, 6.45) is 4.97. The molecule has 19 heavy (non-hydrogen) atoms. The molecule has 2 fully saturated rings. The van der Waals surface area contributed by atoms with Crippen molar-refractivity contribution in [2.24, 2.45) is 17.8 Å². The van der Waals surface area contributed by atoms with E-state index in [9.17, 15) is 4.79 Å². The quantitative estimate of drug-likeness (QED) is 0.524. The fourth-order valence-corrected chi connectivity index (χ4v) is 4.13. The lowest BCUT2D eigenvalue weighted by molar-refractivity contribution is -0.923. The first kappa shape index (κ1) is 14.8. The summed E-state index contributed by atoms with van der Waals surface area (Å²) in [5.74, 6) is 1.78. The zero-order valence-electron chi connectivity index (χ0n) is 12.9. The van der Waals surface area contributed by atoms with Crippen LogP contribution in [0.1, 0.15) is 46.5 Å². The molecule has 2 saturated carbocycles. The molecule has 0 aliphatic heterocycles. The van der Waals surface area contributed by atoms with Crippen molar-refractivity contribution in [1.29, 1.82) is 0 Å². The minimum absolute atomic E-state index is 0.0913. The molecule has 0 aromatic carbocycles. The lowest BCUT2D eigenvalue weighted by Gasteiger charge is -2.35. The number of hydrogen-bond donors (Lipinski definition) is 0. The van der Waals surface area contributed by atoms with Crippen LogP contribution in [0.4, 0.5) is 0 Å². The molecule has 2 rings (SSSR count). The van der Waals surface area contributed by atoms with Crippen molar-refractivity contribution >= 4 is 5.97 Å². The van der Waals surface area contributed by atoms with Crippen LogP contribution in [-0.4, -0.2) is 43.2 Å². The highest BCUT2D eigenvalue weighted by molar-refractivity contribution is 5.73. The Balaban J connectivity index is 1.75. The van der Waals surface area contributed by atoms with Gasteiger partial charge in [0.15, 0.2) is 0 Å². The van der Waals surface area contributed by atoms with Gasteiger partial charge in [-0.1, -0.05) is 6.42 Å². The van der Waals surface area contributed by atoms with E-state index in [1.807, 2.05) is 0 Å². The molecule has 0 amide bonds. The second-order valence-electron chi connectivity index (χ2n) is 6.46. The Bertz CT molecular complexity index is 304. The van der Waals surface area contributed by atoms with Crippen LogP contribution >= 0.6 is 0 Å². The minimum Gasteiger partial charge on any atom is -0.459 e. The molecule has 110 valence electrons. The number of nitrogens with zero attached hydrogens (tertiary/aromatic N) is 1. The normalized spacial score (nSPS) is 29.7. The number of likely N-dealkylation sites (N-methyl/N-ethyl adjacent to an activating group) is 1. The highest BCUT2D eigenvalue weighted by Crippen LogP contribution is 2.48. The van der Waals surface area contributed by atoms with Crippen LogP contribution in [0.5, 0.6) is 0 Å². The van der Waals surface area contributed by atoms with Gasteiger partial charge in [-0.2, -0.15) is 0 Å². The summed E-state index contributed by atoms with van der Waals surface area (Å²) in [5, 5.41) is 0. The van der Waals surface area contributed by atoms with Crippen LogP contribution in [0.15, 0.2) is 0 Å². The summed E-state index contributed by atoms with van der Waals surface area (Å²) in [5.41, 5.74) is 0. The molecule has 3 nitrogen and oxygen atoms in total. The third kappa shape index (κ3) is 3.13.